The molecular formula is C37H38F4N4O5. The molecule has 1 fully saturated rings. The highest BCUT2D eigenvalue weighted by Gasteiger charge is 2.34. The van der Waals surface area contributed by atoms with E-state index in [4.69, 9.17) is 14.2 Å². The number of aromatic nitrogens is 1. The maximum Gasteiger partial charge on any atom is 0.416 e. The predicted molar refractivity (Wildman–Crippen MR) is 180 cm³/mol. The lowest BCUT2D eigenvalue weighted by Gasteiger charge is -2.39. The van der Waals surface area contributed by atoms with Crippen molar-refractivity contribution in [2.75, 3.05) is 33.1 Å². The van der Waals surface area contributed by atoms with Gasteiger partial charge in [-0.1, -0.05) is 24.3 Å². The number of carbonyl (C=O) groups is 2. The molecule has 2 amide bonds. The van der Waals surface area contributed by atoms with Gasteiger partial charge in [-0.3, -0.25) is 9.59 Å². The third kappa shape index (κ3) is 9.08. The van der Waals surface area contributed by atoms with Crippen molar-refractivity contribution in [2.45, 2.75) is 51.1 Å². The largest absolute Gasteiger partial charge is 0.497 e. The molecule has 0 unspecified atom stereocenters. The van der Waals surface area contributed by atoms with Crippen LogP contribution in [0.15, 0.2) is 72.9 Å². The van der Waals surface area contributed by atoms with E-state index in [-0.39, 0.29) is 35.5 Å². The van der Waals surface area contributed by atoms with Gasteiger partial charge in [-0.15, -0.1) is 0 Å². The quantitative estimate of drug-likeness (QED) is 0.147. The van der Waals surface area contributed by atoms with Crippen LogP contribution in [0.3, 0.4) is 0 Å². The van der Waals surface area contributed by atoms with Crippen molar-refractivity contribution in [3.05, 3.63) is 101 Å². The lowest BCUT2D eigenvalue weighted by molar-refractivity contribution is -0.137. The number of hydrogen-bond acceptors (Lipinski definition) is 7. The summed E-state index contributed by atoms with van der Waals surface area (Å²) in [4.78, 5) is 32.1. The highest BCUT2D eigenvalue weighted by Crippen LogP contribution is 2.35. The Morgan fingerprint density at radius 1 is 0.980 bits per heavy atom. The second-order valence-electron chi connectivity index (χ2n) is 12.2. The van der Waals surface area contributed by atoms with Crippen LogP contribution < -0.4 is 24.8 Å². The van der Waals surface area contributed by atoms with Crippen molar-refractivity contribution < 1.29 is 41.4 Å². The van der Waals surface area contributed by atoms with Gasteiger partial charge in [-0.25, -0.2) is 9.37 Å². The molecule has 1 heterocycles. The molecule has 50 heavy (non-hydrogen) atoms. The Balaban J connectivity index is 1.26. The van der Waals surface area contributed by atoms with Crippen LogP contribution in [0.4, 0.5) is 23.2 Å². The fourth-order valence-electron chi connectivity index (χ4n) is 5.50. The minimum atomic E-state index is -4.76. The second kappa shape index (κ2) is 15.6. The topological polar surface area (TPSA) is 102 Å². The zero-order valence-electron chi connectivity index (χ0n) is 28.1. The summed E-state index contributed by atoms with van der Waals surface area (Å²) in [6, 6.07) is 16.0. The predicted octanol–water partition coefficient (Wildman–Crippen LogP) is 6.90. The summed E-state index contributed by atoms with van der Waals surface area (Å²) in [6.07, 6.45) is -2.37. The summed E-state index contributed by atoms with van der Waals surface area (Å²) in [5.74, 6) is -0.699. The number of amides is 2. The number of nitrogens with one attached hydrogen (secondary N) is 2. The highest BCUT2D eigenvalue weighted by molar-refractivity contribution is 5.98. The fourth-order valence-corrected chi connectivity index (χ4v) is 5.50. The number of alkyl halides is 3. The van der Waals surface area contributed by atoms with E-state index in [1.807, 2.05) is 43.3 Å². The summed E-state index contributed by atoms with van der Waals surface area (Å²) in [5.41, 5.74) is 0.281. The molecule has 0 radical (unpaired) electrons. The van der Waals surface area contributed by atoms with E-state index in [1.165, 1.54) is 24.4 Å². The van der Waals surface area contributed by atoms with E-state index in [9.17, 15) is 22.8 Å². The van der Waals surface area contributed by atoms with Crippen LogP contribution in [0.1, 0.15) is 46.8 Å². The molecule has 3 aromatic carbocycles. The minimum absolute atomic E-state index is 0.0157. The van der Waals surface area contributed by atoms with Crippen molar-refractivity contribution >= 4 is 17.5 Å². The normalized spacial score (nSPS) is 15.6. The van der Waals surface area contributed by atoms with Crippen LogP contribution in [0.5, 0.6) is 17.4 Å². The number of anilines is 1. The van der Waals surface area contributed by atoms with Gasteiger partial charge in [-0.2, -0.15) is 13.2 Å². The molecule has 1 aromatic heterocycles. The molecule has 13 heteroatoms. The first kappa shape index (κ1) is 36.1. The molecule has 264 valence electrons. The van der Waals surface area contributed by atoms with Crippen LogP contribution in [-0.2, 0) is 24.0 Å². The van der Waals surface area contributed by atoms with Crippen molar-refractivity contribution in [3.63, 3.8) is 0 Å². The molecule has 0 saturated heterocycles. The SMILES string of the molecule is CCOc1cc(OCc2ccc(OC)cc2)ncc1-c1ccc(CC(=O)Nc2cc(C(=O)NC3CC(N(C)C)C3)cc(C(F)(F)F)c2)c(F)c1. The third-order valence-corrected chi connectivity index (χ3v) is 8.39. The first-order valence-corrected chi connectivity index (χ1v) is 16.0. The number of rotatable bonds is 13. The van der Waals surface area contributed by atoms with E-state index in [2.05, 4.69) is 15.6 Å². The summed E-state index contributed by atoms with van der Waals surface area (Å²) in [7, 11) is 5.42. The number of nitrogens with zero attached hydrogens (tertiary/aromatic N) is 2. The molecule has 0 atom stereocenters. The molecule has 2 N–H and O–H groups in total. The number of carbonyl (C=O) groups excluding carboxylic acids is 2. The van der Waals surface area contributed by atoms with Gasteiger partial charge >= 0.3 is 6.18 Å². The first-order valence-electron chi connectivity index (χ1n) is 16.0. The monoisotopic (exact) mass is 694 g/mol. The number of methoxy groups -OCH3 is 1. The van der Waals surface area contributed by atoms with Gasteiger partial charge in [0.25, 0.3) is 5.91 Å². The van der Waals surface area contributed by atoms with Crippen LogP contribution in [0.2, 0.25) is 0 Å². The summed E-state index contributed by atoms with van der Waals surface area (Å²) < 4.78 is 73.3. The average Bonchev–Trinajstić information content (AvgIpc) is 3.05. The summed E-state index contributed by atoms with van der Waals surface area (Å²) in [6.45, 7) is 2.38. The summed E-state index contributed by atoms with van der Waals surface area (Å²) in [5, 5.41) is 5.15. The van der Waals surface area contributed by atoms with Crippen molar-refractivity contribution in [3.8, 4) is 28.5 Å². The Morgan fingerprint density at radius 3 is 2.36 bits per heavy atom. The van der Waals surface area contributed by atoms with Crippen LogP contribution in [0, 0.1) is 5.82 Å². The Hall–Kier alpha value is -5.17. The zero-order valence-corrected chi connectivity index (χ0v) is 28.1. The first-order chi connectivity index (χ1) is 23.8. The number of hydrogen-bond donors (Lipinski definition) is 2. The maximum atomic E-state index is 15.3. The zero-order chi connectivity index (χ0) is 36.0. The van der Waals surface area contributed by atoms with Crippen LogP contribution in [0.25, 0.3) is 11.1 Å². The molecular weight excluding hydrogens is 656 g/mol. The molecule has 9 nitrogen and oxygen atoms in total. The minimum Gasteiger partial charge on any atom is -0.497 e. The van der Waals surface area contributed by atoms with Gasteiger partial charge in [0.1, 0.15) is 23.9 Å². The van der Waals surface area contributed by atoms with E-state index in [0.717, 1.165) is 23.4 Å². The molecule has 0 spiro atoms. The molecule has 5 rings (SSSR count). The van der Waals surface area contributed by atoms with Crippen LogP contribution >= 0.6 is 0 Å². The summed E-state index contributed by atoms with van der Waals surface area (Å²) >= 11 is 0. The van der Waals surface area contributed by atoms with Gasteiger partial charge in [0.2, 0.25) is 11.8 Å². The molecule has 0 aliphatic heterocycles. The average molecular weight is 695 g/mol. The van der Waals surface area contributed by atoms with Crippen molar-refractivity contribution in [2.24, 2.45) is 0 Å². The Bertz CT molecular complexity index is 1830. The van der Waals surface area contributed by atoms with Gasteiger partial charge in [-0.05, 0) is 86.9 Å². The molecule has 4 aromatic rings. The van der Waals surface area contributed by atoms with E-state index >= 15 is 4.39 Å². The number of pyridine rings is 1. The fraction of sp³-hybridized carbons (Fsp3) is 0.324. The Kier molecular flexibility index (Phi) is 11.3. The van der Waals surface area contributed by atoms with Crippen molar-refractivity contribution in [1.82, 2.24) is 15.2 Å². The number of ether oxygens (including phenoxy) is 3. The Morgan fingerprint density at radius 2 is 1.72 bits per heavy atom. The third-order valence-electron chi connectivity index (χ3n) is 8.39. The molecule has 0 bridgehead atoms. The van der Waals surface area contributed by atoms with Gasteiger partial charge < -0.3 is 29.7 Å². The van der Waals surface area contributed by atoms with E-state index in [0.29, 0.717) is 42.2 Å². The number of halogens is 4. The van der Waals surface area contributed by atoms with Crippen LogP contribution in [-0.4, -0.2) is 61.6 Å². The molecule has 1 saturated carbocycles. The lowest BCUT2D eigenvalue weighted by Crippen LogP contribution is -2.51. The van der Waals surface area contributed by atoms with E-state index < -0.39 is 35.8 Å². The van der Waals surface area contributed by atoms with Gasteiger partial charge in [0.05, 0.1) is 25.7 Å². The van der Waals surface area contributed by atoms with Gasteiger partial charge in [0, 0.05) is 41.2 Å². The smallest absolute Gasteiger partial charge is 0.416 e. The molecule has 1 aliphatic carbocycles. The Labute approximate surface area is 287 Å². The maximum absolute atomic E-state index is 15.3. The van der Waals surface area contributed by atoms with Gasteiger partial charge in [0.15, 0.2) is 0 Å². The highest BCUT2D eigenvalue weighted by atomic mass is 19.4. The standard InChI is InChI=1S/C37H38F4N4O5/c1-5-49-33-19-35(50-21-22-6-10-30(48-4)11-7-22)42-20-31(33)23-8-9-24(32(38)14-23)15-34(46)43-27-13-25(12-26(16-27)37(39,40)41)36(47)44-28-17-29(18-28)45(2)3/h6-14,16,19-20,28-29H,5,15,17-18,21H2,1-4H3,(H,43,46)(H,44,47). The van der Waals surface area contributed by atoms with Crippen molar-refractivity contribution in [1.29, 1.82) is 0 Å². The second-order valence-corrected chi connectivity index (χ2v) is 12.2. The van der Waals surface area contributed by atoms with E-state index in [1.54, 1.807) is 26.2 Å². The molecule has 1 aliphatic rings. The number of benzene rings is 3. The lowest BCUT2D eigenvalue weighted by atomic mass is 9.86.